The number of aromatic nitrogens is 2. The summed E-state index contributed by atoms with van der Waals surface area (Å²) in [4.78, 5) is 15.6. The first-order valence-corrected chi connectivity index (χ1v) is 10.4. The second-order valence-corrected chi connectivity index (χ2v) is 7.89. The SMILES string of the molecule is O=C(CCCc1ccccc1)N1CCCC(c2nnc(-c3cccs3)o2)C1. The van der Waals surface area contributed by atoms with E-state index in [0.29, 0.717) is 24.7 Å². The zero-order valence-electron chi connectivity index (χ0n) is 15.2. The van der Waals surface area contributed by atoms with Gasteiger partial charge in [0.15, 0.2) is 0 Å². The van der Waals surface area contributed by atoms with Gasteiger partial charge >= 0.3 is 0 Å². The maximum atomic E-state index is 12.6. The Labute approximate surface area is 163 Å². The maximum Gasteiger partial charge on any atom is 0.257 e. The number of amides is 1. The van der Waals surface area contributed by atoms with Gasteiger partial charge in [0.05, 0.1) is 10.8 Å². The van der Waals surface area contributed by atoms with Crippen LogP contribution in [0.15, 0.2) is 52.3 Å². The molecule has 1 aromatic carbocycles. The van der Waals surface area contributed by atoms with Gasteiger partial charge in [0.25, 0.3) is 5.89 Å². The lowest BCUT2D eigenvalue weighted by molar-refractivity contribution is -0.132. The van der Waals surface area contributed by atoms with Crippen LogP contribution in [0.3, 0.4) is 0 Å². The van der Waals surface area contributed by atoms with Crippen molar-refractivity contribution in [2.45, 2.75) is 38.0 Å². The fourth-order valence-corrected chi connectivity index (χ4v) is 4.20. The number of hydrogen-bond donors (Lipinski definition) is 0. The van der Waals surface area contributed by atoms with Crippen LogP contribution in [0.25, 0.3) is 10.8 Å². The number of nitrogens with zero attached hydrogens (tertiary/aromatic N) is 3. The van der Waals surface area contributed by atoms with Gasteiger partial charge in [-0.1, -0.05) is 36.4 Å². The summed E-state index contributed by atoms with van der Waals surface area (Å²) in [6.45, 7) is 1.50. The third-order valence-corrected chi connectivity index (χ3v) is 5.85. The molecule has 1 amide bonds. The van der Waals surface area contributed by atoms with Crippen LogP contribution in [-0.2, 0) is 11.2 Å². The van der Waals surface area contributed by atoms with Gasteiger partial charge < -0.3 is 9.32 Å². The average Bonchev–Trinajstić information content (AvgIpc) is 3.40. The van der Waals surface area contributed by atoms with Gasteiger partial charge in [-0.15, -0.1) is 21.5 Å². The van der Waals surface area contributed by atoms with E-state index in [1.807, 2.05) is 40.6 Å². The Bertz CT molecular complexity index is 861. The van der Waals surface area contributed by atoms with Crippen molar-refractivity contribution in [3.05, 3.63) is 59.3 Å². The van der Waals surface area contributed by atoms with Gasteiger partial charge in [0.2, 0.25) is 11.8 Å². The molecule has 3 heterocycles. The first kappa shape index (κ1) is 17.9. The van der Waals surface area contributed by atoms with E-state index in [-0.39, 0.29) is 11.8 Å². The summed E-state index contributed by atoms with van der Waals surface area (Å²) in [7, 11) is 0. The molecule has 0 spiro atoms. The highest BCUT2D eigenvalue weighted by Crippen LogP contribution is 2.30. The zero-order chi connectivity index (χ0) is 18.5. The highest BCUT2D eigenvalue weighted by atomic mass is 32.1. The van der Waals surface area contributed by atoms with Crippen molar-refractivity contribution in [3.8, 4) is 10.8 Å². The Morgan fingerprint density at radius 2 is 2.07 bits per heavy atom. The molecule has 1 saturated heterocycles. The fourth-order valence-electron chi connectivity index (χ4n) is 3.55. The molecule has 27 heavy (non-hydrogen) atoms. The van der Waals surface area contributed by atoms with E-state index < -0.39 is 0 Å². The van der Waals surface area contributed by atoms with Gasteiger partial charge in [-0.05, 0) is 42.7 Å². The Hall–Kier alpha value is -2.47. The molecule has 5 nitrogen and oxygen atoms in total. The molecule has 1 aliphatic rings. The number of carbonyl (C=O) groups is 1. The molecule has 4 rings (SSSR count). The zero-order valence-corrected chi connectivity index (χ0v) is 16.0. The van der Waals surface area contributed by atoms with Crippen LogP contribution in [0, 0.1) is 0 Å². The first-order valence-electron chi connectivity index (χ1n) is 9.48. The molecule has 6 heteroatoms. The lowest BCUT2D eigenvalue weighted by Crippen LogP contribution is -2.39. The van der Waals surface area contributed by atoms with Crippen molar-refractivity contribution in [1.29, 1.82) is 0 Å². The molecule has 0 saturated carbocycles. The van der Waals surface area contributed by atoms with Crippen molar-refractivity contribution in [1.82, 2.24) is 15.1 Å². The third-order valence-electron chi connectivity index (χ3n) is 4.99. The number of piperidine rings is 1. The van der Waals surface area contributed by atoms with E-state index in [2.05, 4.69) is 22.3 Å². The van der Waals surface area contributed by atoms with E-state index in [0.717, 1.165) is 37.1 Å². The summed E-state index contributed by atoms with van der Waals surface area (Å²) in [5.41, 5.74) is 1.29. The number of rotatable bonds is 6. The predicted molar refractivity (Wildman–Crippen MR) is 106 cm³/mol. The minimum Gasteiger partial charge on any atom is -0.420 e. The predicted octanol–water partition coefficient (Wildman–Crippen LogP) is 4.53. The van der Waals surface area contributed by atoms with Crippen LogP contribution in [-0.4, -0.2) is 34.1 Å². The smallest absolute Gasteiger partial charge is 0.257 e. The summed E-state index contributed by atoms with van der Waals surface area (Å²) in [5.74, 6) is 1.60. The Kier molecular flexibility index (Phi) is 5.63. The van der Waals surface area contributed by atoms with Crippen LogP contribution >= 0.6 is 11.3 Å². The van der Waals surface area contributed by atoms with Crippen molar-refractivity contribution in [2.75, 3.05) is 13.1 Å². The summed E-state index contributed by atoms with van der Waals surface area (Å²) in [6, 6.07) is 14.3. The minimum absolute atomic E-state index is 0.137. The van der Waals surface area contributed by atoms with Crippen molar-refractivity contribution < 1.29 is 9.21 Å². The molecule has 1 fully saturated rings. The molecule has 0 radical (unpaired) electrons. The van der Waals surface area contributed by atoms with E-state index >= 15 is 0 Å². The summed E-state index contributed by atoms with van der Waals surface area (Å²) < 4.78 is 5.88. The van der Waals surface area contributed by atoms with Crippen molar-refractivity contribution in [3.63, 3.8) is 0 Å². The molecule has 3 aromatic rings. The Morgan fingerprint density at radius 3 is 2.89 bits per heavy atom. The highest BCUT2D eigenvalue weighted by Gasteiger charge is 2.28. The molecular formula is C21H23N3O2S. The number of benzene rings is 1. The topological polar surface area (TPSA) is 59.2 Å². The Morgan fingerprint density at radius 1 is 1.19 bits per heavy atom. The lowest BCUT2D eigenvalue weighted by atomic mass is 9.97. The maximum absolute atomic E-state index is 12.6. The van der Waals surface area contributed by atoms with Crippen LogP contribution in [0.2, 0.25) is 0 Å². The summed E-state index contributed by atoms with van der Waals surface area (Å²) in [6.07, 6.45) is 4.38. The van der Waals surface area contributed by atoms with Gasteiger partial charge in [0.1, 0.15) is 0 Å². The van der Waals surface area contributed by atoms with E-state index in [4.69, 9.17) is 4.42 Å². The molecule has 0 aliphatic carbocycles. The number of thiophene rings is 1. The van der Waals surface area contributed by atoms with E-state index in [1.165, 1.54) is 5.56 Å². The quantitative estimate of drug-likeness (QED) is 0.629. The largest absolute Gasteiger partial charge is 0.420 e. The minimum atomic E-state index is 0.137. The number of likely N-dealkylation sites (tertiary alicyclic amines) is 1. The molecular weight excluding hydrogens is 358 g/mol. The Balaban J connectivity index is 1.32. The third kappa shape index (κ3) is 4.45. The molecule has 1 atom stereocenters. The molecule has 1 aliphatic heterocycles. The van der Waals surface area contributed by atoms with E-state index in [1.54, 1.807) is 11.3 Å². The number of aryl methyl sites for hydroxylation is 1. The molecule has 0 N–H and O–H groups in total. The standard InChI is InChI=1S/C21H23N3O2S/c25-19(12-4-9-16-7-2-1-3-8-16)24-13-5-10-17(15-24)20-22-23-21(26-20)18-11-6-14-27-18/h1-3,6-8,11,14,17H,4-5,9-10,12-13,15H2. The van der Waals surface area contributed by atoms with Crippen LogP contribution in [0.1, 0.15) is 43.1 Å². The fraction of sp³-hybridized carbons (Fsp3) is 0.381. The van der Waals surface area contributed by atoms with Gasteiger partial charge in [-0.25, -0.2) is 0 Å². The second-order valence-electron chi connectivity index (χ2n) is 6.94. The van der Waals surface area contributed by atoms with Crippen molar-refractivity contribution in [2.24, 2.45) is 0 Å². The molecule has 0 bridgehead atoms. The van der Waals surface area contributed by atoms with Crippen LogP contribution in [0.5, 0.6) is 0 Å². The lowest BCUT2D eigenvalue weighted by Gasteiger charge is -2.31. The second kappa shape index (κ2) is 8.48. The number of hydrogen-bond acceptors (Lipinski definition) is 5. The molecule has 140 valence electrons. The average molecular weight is 382 g/mol. The monoisotopic (exact) mass is 381 g/mol. The summed E-state index contributed by atoms with van der Waals surface area (Å²) >= 11 is 1.59. The highest BCUT2D eigenvalue weighted by molar-refractivity contribution is 7.13. The van der Waals surface area contributed by atoms with Crippen LogP contribution < -0.4 is 0 Å². The van der Waals surface area contributed by atoms with E-state index in [9.17, 15) is 4.79 Å². The van der Waals surface area contributed by atoms with Gasteiger partial charge in [-0.3, -0.25) is 4.79 Å². The summed E-state index contributed by atoms with van der Waals surface area (Å²) in [5, 5.41) is 10.4. The van der Waals surface area contributed by atoms with Crippen molar-refractivity contribution >= 4 is 17.2 Å². The normalized spacial score (nSPS) is 17.2. The molecule has 1 unspecified atom stereocenters. The van der Waals surface area contributed by atoms with Crippen LogP contribution in [0.4, 0.5) is 0 Å². The molecule has 2 aromatic heterocycles. The van der Waals surface area contributed by atoms with Gasteiger partial charge in [0, 0.05) is 19.5 Å². The van der Waals surface area contributed by atoms with Gasteiger partial charge in [-0.2, -0.15) is 0 Å². The number of carbonyl (C=O) groups excluding carboxylic acids is 1. The first-order chi connectivity index (χ1) is 13.3.